The van der Waals surface area contributed by atoms with Crippen molar-refractivity contribution in [3.8, 4) is 11.8 Å². The van der Waals surface area contributed by atoms with E-state index in [9.17, 15) is 23.2 Å². The molecule has 0 aromatic heterocycles. The maximum absolute atomic E-state index is 12.2. The van der Waals surface area contributed by atoms with E-state index < -0.39 is 22.0 Å². The molecule has 0 fully saturated rings. The summed E-state index contributed by atoms with van der Waals surface area (Å²) in [5.74, 6) is 4.55. The third-order valence-corrected chi connectivity index (χ3v) is 5.05. The predicted molar refractivity (Wildman–Crippen MR) is 93.5 cm³/mol. The van der Waals surface area contributed by atoms with Crippen LogP contribution in [0.5, 0.6) is 0 Å². The average molecular weight is 372 g/mol. The Bertz CT molecular complexity index is 971. The zero-order valence-corrected chi connectivity index (χ0v) is 14.6. The van der Waals surface area contributed by atoms with Gasteiger partial charge in [-0.15, -0.1) is 0 Å². The van der Waals surface area contributed by atoms with Gasteiger partial charge in [0.05, 0.1) is 4.90 Å². The zero-order chi connectivity index (χ0) is 19.3. The first-order chi connectivity index (χ1) is 12.3. The second-order valence-corrected chi connectivity index (χ2v) is 7.20. The van der Waals surface area contributed by atoms with Crippen LogP contribution in [-0.2, 0) is 19.6 Å². The molecule has 134 valence electrons. The summed E-state index contributed by atoms with van der Waals surface area (Å²) in [5, 5.41) is 9.69. The van der Waals surface area contributed by atoms with E-state index in [1.54, 1.807) is 0 Å². The van der Waals surface area contributed by atoms with E-state index in [4.69, 9.17) is 5.73 Å². The average Bonchev–Trinajstić information content (AvgIpc) is 2.62. The van der Waals surface area contributed by atoms with Crippen LogP contribution >= 0.6 is 0 Å². The summed E-state index contributed by atoms with van der Waals surface area (Å²) in [4.78, 5) is 21.5. The molecule has 0 bridgehead atoms. The number of sulfonamides is 1. The Morgan fingerprint density at radius 1 is 1.08 bits per heavy atom. The largest absolute Gasteiger partial charge is 0.368 e. The third-order valence-electron chi connectivity index (χ3n) is 3.46. The number of hydrogen-bond donors (Lipinski definition) is 2. The Hall–Kier alpha value is -2.99. The number of benzene rings is 2. The fraction of sp³-hybridized carbons (Fsp3) is 0.111. The minimum Gasteiger partial charge on any atom is -0.368 e. The molecular weight excluding hydrogens is 356 g/mol. The van der Waals surface area contributed by atoms with Crippen LogP contribution in [-0.4, -0.2) is 36.3 Å². The third kappa shape index (κ3) is 4.34. The summed E-state index contributed by atoms with van der Waals surface area (Å²) >= 11 is 0. The number of amides is 1. The number of carbonyl (C=O) groups is 2. The van der Waals surface area contributed by atoms with Gasteiger partial charge < -0.3 is 10.5 Å². The first-order valence-electron chi connectivity index (χ1n) is 7.42. The van der Waals surface area contributed by atoms with Gasteiger partial charge >= 0.3 is 0 Å². The molecule has 2 aromatic carbocycles. The number of rotatable bonds is 5. The number of primary amides is 1. The zero-order valence-electron chi connectivity index (χ0n) is 13.8. The van der Waals surface area contributed by atoms with Crippen LogP contribution in [0.1, 0.15) is 16.7 Å². The van der Waals surface area contributed by atoms with Crippen molar-refractivity contribution < 1.29 is 23.2 Å². The highest BCUT2D eigenvalue weighted by atomic mass is 32.2. The van der Waals surface area contributed by atoms with Gasteiger partial charge in [-0.1, -0.05) is 34.0 Å². The van der Waals surface area contributed by atoms with E-state index in [1.807, 2.05) is 31.2 Å². The maximum Gasteiger partial charge on any atom is 0.265 e. The van der Waals surface area contributed by atoms with E-state index in [2.05, 4.69) is 11.8 Å². The molecule has 1 atom stereocenters. The molecule has 0 saturated heterocycles. The Morgan fingerprint density at radius 2 is 1.54 bits per heavy atom. The minimum atomic E-state index is -4.48. The molecule has 2 aromatic rings. The highest BCUT2D eigenvalue weighted by Crippen LogP contribution is 2.16. The number of nitrogens with zero attached hydrogens (tertiary/aromatic N) is 1. The number of aryl methyl sites for hydroxylation is 1. The van der Waals surface area contributed by atoms with E-state index in [-0.39, 0.29) is 15.7 Å². The lowest BCUT2D eigenvalue weighted by Crippen LogP contribution is -2.47. The topological polar surface area (TPSA) is 118 Å². The molecule has 2 rings (SSSR count). The van der Waals surface area contributed by atoms with Gasteiger partial charge in [-0.3, -0.25) is 10.0 Å². The van der Waals surface area contributed by atoms with Crippen molar-refractivity contribution in [2.24, 2.45) is 5.73 Å². The van der Waals surface area contributed by atoms with Crippen molar-refractivity contribution in [3.05, 3.63) is 65.2 Å². The summed E-state index contributed by atoms with van der Waals surface area (Å²) in [6.07, 6.45) is -0.0543. The van der Waals surface area contributed by atoms with Gasteiger partial charge in [-0.2, -0.15) is 0 Å². The molecule has 0 spiro atoms. The van der Waals surface area contributed by atoms with Crippen LogP contribution < -0.4 is 5.73 Å². The van der Waals surface area contributed by atoms with Crippen molar-refractivity contribution >= 4 is 22.2 Å². The second-order valence-electron chi connectivity index (χ2n) is 5.40. The molecule has 0 saturated carbocycles. The lowest BCUT2D eigenvalue weighted by Gasteiger charge is -2.18. The molecule has 1 amide bonds. The van der Waals surface area contributed by atoms with E-state index >= 15 is 0 Å². The smallest absolute Gasteiger partial charge is 0.265 e. The summed E-state index contributed by atoms with van der Waals surface area (Å²) in [6.45, 7) is 1.97. The van der Waals surface area contributed by atoms with Crippen LogP contribution in [0.25, 0.3) is 0 Å². The van der Waals surface area contributed by atoms with Gasteiger partial charge in [0.15, 0.2) is 6.04 Å². The van der Waals surface area contributed by atoms with Crippen LogP contribution in [0.3, 0.4) is 0 Å². The van der Waals surface area contributed by atoms with Crippen LogP contribution in [0.15, 0.2) is 53.4 Å². The quantitative estimate of drug-likeness (QED) is 0.349. The van der Waals surface area contributed by atoms with Gasteiger partial charge in [0.25, 0.3) is 10.0 Å². The number of aldehydes is 1. The van der Waals surface area contributed by atoms with Gasteiger partial charge in [-0.25, -0.2) is 8.42 Å². The molecule has 0 radical (unpaired) electrons. The number of hydrogen-bond acceptors (Lipinski definition) is 5. The van der Waals surface area contributed by atoms with E-state index in [0.29, 0.717) is 5.56 Å². The summed E-state index contributed by atoms with van der Waals surface area (Å²) < 4.78 is 24.1. The molecular formula is C18H16N2O5S. The van der Waals surface area contributed by atoms with Crippen molar-refractivity contribution in [1.29, 1.82) is 0 Å². The first kappa shape index (κ1) is 19.3. The number of hydroxylamine groups is 1. The Kier molecular flexibility index (Phi) is 5.90. The van der Waals surface area contributed by atoms with Gasteiger partial charge in [0.1, 0.15) is 6.29 Å². The number of nitrogens with two attached hydrogens (primary N) is 1. The molecule has 0 aliphatic carbocycles. The predicted octanol–water partition coefficient (Wildman–Crippen LogP) is 0.828. The maximum atomic E-state index is 12.2. The normalized spacial score (nSPS) is 12.1. The molecule has 7 nitrogen and oxygen atoms in total. The van der Waals surface area contributed by atoms with Crippen molar-refractivity contribution in [1.82, 2.24) is 4.47 Å². The van der Waals surface area contributed by atoms with E-state index in [0.717, 1.165) is 11.1 Å². The SMILES string of the molecule is Cc1ccc(C#Cc2ccc(S(=O)(=O)N(O)[C@@H](C=O)C(N)=O)cc2)cc1. The van der Waals surface area contributed by atoms with Crippen LogP contribution in [0.4, 0.5) is 0 Å². The molecule has 0 aliphatic heterocycles. The van der Waals surface area contributed by atoms with Crippen LogP contribution in [0.2, 0.25) is 0 Å². The Labute approximate surface area is 151 Å². The molecule has 0 unspecified atom stereocenters. The standard InChI is InChI=1S/C18H16N2O5S/c1-13-2-4-14(5-3-13)6-7-15-8-10-16(11-9-15)26(24,25)20(23)17(12-21)18(19)22/h2-5,8-12,17,23H,1H3,(H2,19,22)/t17-/m0/s1. The lowest BCUT2D eigenvalue weighted by molar-refractivity contribution is -0.137. The highest BCUT2D eigenvalue weighted by Gasteiger charge is 2.33. The van der Waals surface area contributed by atoms with Gasteiger partial charge in [-0.05, 0) is 43.3 Å². The highest BCUT2D eigenvalue weighted by molar-refractivity contribution is 7.89. The molecule has 0 aliphatic rings. The number of carbonyl (C=O) groups excluding carboxylic acids is 2. The van der Waals surface area contributed by atoms with Crippen molar-refractivity contribution in [2.45, 2.75) is 17.9 Å². The molecule has 3 N–H and O–H groups in total. The summed E-state index contributed by atoms with van der Waals surface area (Å²) in [6, 6.07) is 10.9. The minimum absolute atomic E-state index is 0.0543. The Balaban J connectivity index is 2.25. The summed E-state index contributed by atoms with van der Waals surface area (Å²) in [5.41, 5.74) is 7.37. The van der Waals surface area contributed by atoms with Crippen LogP contribution in [0, 0.1) is 18.8 Å². The fourth-order valence-corrected chi connectivity index (χ4v) is 3.13. The van der Waals surface area contributed by atoms with Gasteiger partial charge in [0.2, 0.25) is 5.91 Å². The lowest BCUT2D eigenvalue weighted by atomic mass is 10.1. The van der Waals surface area contributed by atoms with Crippen molar-refractivity contribution in [3.63, 3.8) is 0 Å². The van der Waals surface area contributed by atoms with Gasteiger partial charge in [0, 0.05) is 11.1 Å². The second kappa shape index (κ2) is 7.93. The van der Waals surface area contributed by atoms with E-state index in [1.165, 1.54) is 24.3 Å². The fourth-order valence-electron chi connectivity index (χ4n) is 1.98. The van der Waals surface area contributed by atoms with Crippen molar-refractivity contribution in [2.75, 3.05) is 0 Å². The first-order valence-corrected chi connectivity index (χ1v) is 8.86. The molecule has 0 heterocycles. The monoisotopic (exact) mass is 372 g/mol. The summed E-state index contributed by atoms with van der Waals surface area (Å²) in [7, 11) is -4.48. The molecule has 8 heteroatoms. The Morgan fingerprint density at radius 3 is 1.96 bits per heavy atom. The molecule has 26 heavy (non-hydrogen) atoms.